The zero-order valence-electron chi connectivity index (χ0n) is 15.1. The lowest BCUT2D eigenvalue weighted by Crippen LogP contribution is -2.52. The number of rotatable bonds is 4. The Kier molecular flexibility index (Phi) is 7.48. The van der Waals surface area contributed by atoms with Crippen LogP contribution in [0.15, 0.2) is 18.2 Å². The van der Waals surface area contributed by atoms with Crippen molar-refractivity contribution in [2.75, 3.05) is 36.4 Å². The Bertz CT molecular complexity index is 752. The summed E-state index contributed by atoms with van der Waals surface area (Å²) < 4.78 is 37.6. The van der Waals surface area contributed by atoms with Crippen LogP contribution >= 0.6 is 23.8 Å². The van der Waals surface area contributed by atoms with E-state index in [-0.39, 0.29) is 37.2 Å². The lowest BCUT2D eigenvalue weighted by atomic mass is 10.2. The Morgan fingerprint density at radius 3 is 2.39 bits per heavy atom. The van der Waals surface area contributed by atoms with E-state index >= 15 is 0 Å². The molecule has 0 aliphatic carbocycles. The van der Waals surface area contributed by atoms with E-state index in [1.165, 1.54) is 0 Å². The molecule has 1 aliphatic rings. The third-order valence-electron chi connectivity index (χ3n) is 4.09. The van der Waals surface area contributed by atoms with Crippen LogP contribution in [0.5, 0.6) is 0 Å². The summed E-state index contributed by atoms with van der Waals surface area (Å²) in [7, 11) is 0. The van der Waals surface area contributed by atoms with Gasteiger partial charge in [-0.2, -0.15) is 13.2 Å². The van der Waals surface area contributed by atoms with Gasteiger partial charge in [-0.15, -0.1) is 0 Å². The van der Waals surface area contributed by atoms with Crippen molar-refractivity contribution in [2.45, 2.75) is 25.9 Å². The molecular weight excluding hydrogens is 417 g/mol. The Labute approximate surface area is 171 Å². The largest absolute Gasteiger partial charge is 0.471 e. The van der Waals surface area contributed by atoms with Crippen LogP contribution in [0.1, 0.15) is 19.8 Å². The summed E-state index contributed by atoms with van der Waals surface area (Å²) in [6, 6.07) is 5.03. The van der Waals surface area contributed by atoms with Gasteiger partial charge in [-0.3, -0.25) is 9.59 Å². The number of nitrogens with one attached hydrogen (secondary N) is 2. The number of carbonyl (C=O) groups is 2. The molecular formula is C17H20ClF3N4O2S. The number of anilines is 2. The number of benzene rings is 1. The first kappa shape index (κ1) is 22.2. The number of alkyl halides is 3. The lowest BCUT2D eigenvalue weighted by molar-refractivity contribution is -0.185. The fourth-order valence-corrected chi connectivity index (χ4v) is 3.28. The van der Waals surface area contributed by atoms with Gasteiger partial charge in [0.05, 0.1) is 10.7 Å². The quantitative estimate of drug-likeness (QED) is 0.710. The number of hydrogen-bond acceptors (Lipinski definition) is 4. The maximum atomic E-state index is 12.5. The van der Waals surface area contributed by atoms with Gasteiger partial charge in [0.15, 0.2) is 5.11 Å². The first-order valence-electron chi connectivity index (χ1n) is 8.63. The lowest BCUT2D eigenvalue weighted by Gasteiger charge is -2.36. The molecule has 11 heteroatoms. The first-order valence-corrected chi connectivity index (χ1v) is 9.42. The van der Waals surface area contributed by atoms with Crippen LogP contribution in [-0.2, 0) is 9.59 Å². The molecule has 1 saturated heterocycles. The molecule has 0 saturated carbocycles. The van der Waals surface area contributed by atoms with E-state index < -0.39 is 12.1 Å². The average molecular weight is 437 g/mol. The third kappa shape index (κ3) is 5.96. The van der Waals surface area contributed by atoms with Gasteiger partial charge in [-0.1, -0.05) is 18.5 Å². The van der Waals surface area contributed by atoms with Gasteiger partial charge in [0.1, 0.15) is 0 Å². The van der Waals surface area contributed by atoms with Gasteiger partial charge in [-0.25, -0.2) is 0 Å². The molecule has 0 atom stereocenters. The highest BCUT2D eigenvalue weighted by Gasteiger charge is 2.43. The highest BCUT2D eigenvalue weighted by atomic mass is 35.5. The van der Waals surface area contributed by atoms with Crippen LogP contribution in [0.4, 0.5) is 24.5 Å². The molecule has 6 nitrogen and oxygen atoms in total. The van der Waals surface area contributed by atoms with E-state index in [9.17, 15) is 22.8 Å². The third-order valence-corrected chi connectivity index (χ3v) is 4.59. The van der Waals surface area contributed by atoms with Gasteiger partial charge in [0.2, 0.25) is 5.91 Å². The van der Waals surface area contributed by atoms with Crippen LogP contribution in [0.25, 0.3) is 0 Å². The molecule has 2 N–H and O–H groups in total. The minimum Gasteiger partial charge on any atom is -0.367 e. The molecule has 0 aromatic heterocycles. The minimum atomic E-state index is -4.86. The van der Waals surface area contributed by atoms with Crippen molar-refractivity contribution < 1.29 is 22.8 Å². The normalized spacial score (nSPS) is 14.6. The molecule has 0 radical (unpaired) electrons. The Balaban J connectivity index is 1.95. The second-order valence-electron chi connectivity index (χ2n) is 6.20. The molecule has 1 heterocycles. The topological polar surface area (TPSA) is 64.7 Å². The fraction of sp³-hybridized carbons (Fsp3) is 0.471. The Morgan fingerprint density at radius 1 is 1.21 bits per heavy atom. The smallest absolute Gasteiger partial charge is 0.367 e. The summed E-state index contributed by atoms with van der Waals surface area (Å²) in [6.45, 7) is 2.28. The zero-order chi connectivity index (χ0) is 20.9. The number of halogens is 4. The number of hydrogen-bond donors (Lipinski definition) is 2. The minimum absolute atomic E-state index is 0.0395. The fourth-order valence-electron chi connectivity index (χ4n) is 2.75. The predicted octanol–water partition coefficient (Wildman–Crippen LogP) is 3.16. The number of amides is 2. The molecule has 28 heavy (non-hydrogen) atoms. The Morgan fingerprint density at radius 2 is 1.86 bits per heavy atom. The number of carbonyl (C=O) groups excluding carboxylic acids is 2. The van der Waals surface area contributed by atoms with Gasteiger partial charge in [-0.05, 0) is 36.8 Å². The standard InChI is InChI=1S/C17H20ClF3N4O2S/c1-2-3-14(26)23-16(28)22-11-4-5-13(12(18)10-11)24-6-8-25(9-7-24)15(27)17(19,20)21/h4-5,10H,2-3,6-9H2,1H3,(H2,22,23,26,28). The average Bonchev–Trinajstić information content (AvgIpc) is 2.60. The van der Waals surface area contributed by atoms with E-state index in [2.05, 4.69) is 10.6 Å². The van der Waals surface area contributed by atoms with E-state index in [0.717, 1.165) is 4.90 Å². The number of nitrogens with zero attached hydrogens (tertiary/aromatic N) is 2. The van der Waals surface area contributed by atoms with Crippen LogP contribution in [0, 0.1) is 0 Å². The predicted molar refractivity (Wildman–Crippen MR) is 106 cm³/mol. The summed E-state index contributed by atoms with van der Waals surface area (Å²) in [5.41, 5.74) is 1.22. The van der Waals surface area contributed by atoms with Crippen molar-refractivity contribution in [3.8, 4) is 0 Å². The van der Waals surface area contributed by atoms with E-state index in [1.54, 1.807) is 18.2 Å². The molecule has 154 valence electrons. The summed E-state index contributed by atoms with van der Waals surface area (Å²) >= 11 is 11.4. The van der Waals surface area contributed by atoms with E-state index in [1.807, 2.05) is 11.8 Å². The first-order chi connectivity index (χ1) is 13.1. The Hall–Kier alpha value is -2.07. The summed E-state index contributed by atoms with van der Waals surface area (Å²) in [4.78, 5) is 25.4. The summed E-state index contributed by atoms with van der Waals surface area (Å²) in [5.74, 6) is -2.01. The second-order valence-corrected chi connectivity index (χ2v) is 7.01. The van der Waals surface area contributed by atoms with Crippen LogP contribution in [0.3, 0.4) is 0 Å². The number of thiocarbonyl (C=S) groups is 1. The van der Waals surface area contributed by atoms with Gasteiger partial charge in [0.25, 0.3) is 0 Å². The van der Waals surface area contributed by atoms with Gasteiger partial charge < -0.3 is 20.4 Å². The van der Waals surface area contributed by atoms with Crippen molar-refractivity contribution >= 4 is 52.1 Å². The monoisotopic (exact) mass is 436 g/mol. The van der Waals surface area contributed by atoms with Crippen molar-refractivity contribution in [1.29, 1.82) is 0 Å². The molecule has 0 bridgehead atoms. The molecule has 0 unspecified atom stereocenters. The highest BCUT2D eigenvalue weighted by Crippen LogP contribution is 2.30. The van der Waals surface area contributed by atoms with Crippen molar-refractivity contribution in [3.05, 3.63) is 23.2 Å². The van der Waals surface area contributed by atoms with Crippen LogP contribution in [0.2, 0.25) is 5.02 Å². The molecule has 0 spiro atoms. The molecule has 1 aliphatic heterocycles. The van der Waals surface area contributed by atoms with Crippen LogP contribution < -0.4 is 15.5 Å². The van der Waals surface area contributed by atoms with E-state index in [0.29, 0.717) is 29.2 Å². The maximum absolute atomic E-state index is 12.5. The molecule has 1 fully saturated rings. The molecule has 1 aromatic rings. The summed E-state index contributed by atoms with van der Waals surface area (Å²) in [6.07, 6.45) is -3.79. The van der Waals surface area contributed by atoms with E-state index in [4.69, 9.17) is 23.8 Å². The molecule has 2 amide bonds. The van der Waals surface area contributed by atoms with Gasteiger partial charge in [0, 0.05) is 38.3 Å². The molecule has 2 rings (SSSR count). The zero-order valence-corrected chi connectivity index (χ0v) is 16.7. The van der Waals surface area contributed by atoms with Crippen molar-refractivity contribution in [3.63, 3.8) is 0 Å². The highest BCUT2D eigenvalue weighted by molar-refractivity contribution is 7.80. The number of piperazine rings is 1. The second kappa shape index (κ2) is 9.42. The van der Waals surface area contributed by atoms with Gasteiger partial charge >= 0.3 is 12.1 Å². The van der Waals surface area contributed by atoms with Crippen molar-refractivity contribution in [2.24, 2.45) is 0 Å². The van der Waals surface area contributed by atoms with Crippen LogP contribution in [-0.4, -0.2) is 54.2 Å². The SMILES string of the molecule is CCCC(=O)NC(=S)Nc1ccc(N2CCN(C(=O)C(F)(F)F)CC2)c(Cl)c1. The molecule has 1 aromatic carbocycles. The maximum Gasteiger partial charge on any atom is 0.471 e. The summed E-state index contributed by atoms with van der Waals surface area (Å²) in [5, 5.41) is 5.94. The van der Waals surface area contributed by atoms with Crippen molar-refractivity contribution in [1.82, 2.24) is 10.2 Å².